The molecule has 0 saturated heterocycles. The maximum atomic E-state index is 13.2. The summed E-state index contributed by atoms with van der Waals surface area (Å²) in [6.07, 6.45) is 0. The first-order valence-electron chi connectivity index (χ1n) is 10.5. The molecule has 2 amide bonds. The maximum Gasteiger partial charge on any atom is 0.261 e. The summed E-state index contributed by atoms with van der Waals surface area (Å²) in [5.41, 5.74) is 2.77. The van der Waals surface area contributed by atoms with E-state index in [0.717, 1.165) is 5.56 Å². The second-order valence-corrected chi connectivity index (χ2v) is 7.36. The first-order valence-corrected chi connectivity index (χ1v) is 10.5. The number of carbonyl (C=O) groups excluding carboxylic acids is 2. The fourth-order valence-corrected chi connectivity index (χ4v) is 3.49. The number of carbonyl (C=O) groups is 2. The van der Waals surface area contributed by atoms with Gasteiger partial charge in [-0.3, -0.25) is 9.59 Å². The van der Waals surface area contributed by atoms with Gasteiger partial charge in [0.2, 0.25) is 0 Å². The van der Waals surface area contributed by atoms with Crippen LogP contribution in [-0.2, 0) is 0 Å². The van der Waals surface area contributed by atoms with Crippen molar-refractivity contribution in [1.82, 2.24) is 5.16 Å². The van der Waals surface area contributed by atoms with Gasteiger partial charge in [0.25, 0.3) is 11.8 Å². The quantitative estimate of drug-likeness (QED) is 0.397. The van der Waals surface area contributed by atoms with Crippen molar-refractivity contribution in [2.24, 2.45) is 0 Å². The number of amides is 2. The van der Waals surface area contributed by atoms with Crippen LogP contribution in [0.3, 0.4) is 0 Å². The fourth-order valence-electron chi connectivity index (χ4n) is 3.49. The number of aryl methyl sites for hydroxylation is 1. The predicted octanol–water partition coefficient (Wildman–Crippen LogP) is 5.17. The van der Waals surface area contributed by atoms with Crippen LogP contribution in [0.1, 0.15) is 26.5 Å². The average Bonchev–Trinajstić information content (AvgIpc) is 3.27. The van der Waals surface area contributed by atoms with E-state index in [1.165, 1.54) is 14.2 Å². The number of anilines is 2. The molecule has 0 radical (unpaired) electrons. The first kappa shape index (κ1) is 22.6. The van der Waals surface area contributed by atoms with Crippen molar-refractivity contribution in [2.75, 3.05) is 24.9 Å². The fraction of sp³-hybridized carbons (Fsp3) is 0.115. The van der Waals surface area contributed by atoms with Crippen LogP contribution in [-0.4, -0.2) is 31.2 Å². The van der Waals surface area contributed by atoms with Crippen LogP contribution in [0.25, 0.3) is 11.3 Å². The van der Waals surface area contributed by atoms with Crippen LogP contribution >= 0.6 is 0 Å². The van der Waals surface area contributed by atoms with E-state index in [9.17, 15) is 9.59 Å². The lowest BCUT2D eigenvalue weighted by Crippen LogP contribution is -2.16. The van der Waals surface area contributed by atoms with Crippen molar-refractivity contribution >= 4 is 23.2 Å². The van der Waals surface area contributed by atoms with Crippen LogP contribution < -0.4 is 20.1 Å². The zero-order valence-corrected chi connectivity index (χ0v) is 18.9. The lowest BCUT2D eigenvalue weighted by Gasteiger charge is -2.16. The molecule has 0 atom stereocenters. The summed E-state index contributed by atoms with van der Waals surface area (Å²) in [7, 11) is 2.95. The Hall–Kier alpha value is -4.59. The number of nitrogens with zero attached hydrogens (tertiary/aromatic N) is 1. The molecule has 0 spiro atoms. The molecule has 0 fully saturated rings. The molecule has 2 N–H and O–H groups in total. The van der Waals surface area contributed by atoms with Gasteiger partial charge >= 0.3 is 0 Å². The largest absolute Gasteiger partial charge is 0.494 e. The van der Waals surface area contributed by atoms with E-state index in [0.29, 0.717) is 45.5 Å². The van der Waals surface area contributed by atoms with E-state index >= 15 is 0 Å². The number of aromatic nitrogens is 1. The zero-order chi connectivity index (χ0) is 24.1. The Labute approximate surface area is 196 Å². The molecular weight excluding hydrogens is 434 g/mol. The highest BCUT2D eigenvalue weighted by Gasteiger charge is 2.23. The van der Waals surface area contributed by atoms with Gasteiger partial charge in [-0.15, -0.1) is 0 Å². The predicted molar refractivity (Wildman–Crippen MR) is 129 cm³/mol. The molecule has 4 rings (SSSR count). The maximum absolute atomic E-state index is 13.2. The van der Waals surface area contributed by atoms with E-state index < -0.39 is 5.91 Å². The molecule has 34 heavy (non-hydrogen) atoms. The molecule has 172 valence electrons. The van der Waals surface area contributed by atoms with Gasteiger partial charge in [0.15, 0.2) is 0 Å². The molecular formula is C26H23N3O5. The Morgan fingerprint density at radius 3 is 1.88 bits per heavy atom. The zero-order valence-electron chi connectivity index (χ0n) is 18.9. The third kappa shape index (κ3) is 4.61. The van der Waals surface area contributed by atoms with Gasteiger partial charge in [-0.2, -0.15) is 0 Å². The van der Waals surface area contributed by atoms with Crippen LogP contribution in [0.5, 0.6) is 11.5 Å². The number of benzene rings is 3. The highest BCUT2D eigenvalue weighted by Crippen LogP contribution is 2.37. The molecule has 4 aromatic rings. The molecule has 1 heterocycles. The summed E-state index contributed by atoms with van der Waals surface area (Å²) in [5.74, 6) is 0.358. The highest BCUT2D eigenvalue weighted by atomic mass is 16.5. The Morgan fingerprint density at radius 1 is 0.794 bits per heavy atom. The minimum atomic E-state index is -0.418. The van der Waals surface area contributed by atoms with Gasteiger partial charge in [-0.25, -0.2) is 0 Å². The highest BCUT2D eigenvalue weighted by molar-refractivity contribution is 6.10. The van der Waals surface area contributed by atoms with Crippen molar-refractivity contribution in [3.8, 4) is 22.8 Å². The molecule has 0 unspecified atom stereocenters. The topological polar surface area (TPSA) is 103 Å². The number of ether oxygens (including phenoxy) is 2. The minimum absolute atomic E-state index is 0.301. The third-order valence-corrected chi connectivity index (χ3v) is 5.19. The van der Waals surface area contributed by atoms with Crippen molar-refractivity contribution in [3.05, 3.63) is 89.7 Å². The number of hydrogen-bond acceptors (Lipinski definition) is 6. The van der Waals surface area contributed by atoms with E-state index in [1.807, 2.05) is 36.4 Å². The first-order chi connectivity index (χ1) is 16.5. The average molecular weight is 457 g/mol. The van der Waals surface area contributed by atoms with Gasteiger partial charge < -0.3 is 24.6 Å². The van der Waals surface area contributed by atoms with Crippen LogP contribution in [0.15, 0.2) is 77.3 Å². The summed E-state index contributed by atoms with van der Waals surface area (Å²) >= 11 is 0. The van der Waals surface area contributed by atoms with E-state index in [1.54, 1.807) is 43.3 Å². The molecule has 0 saturated carbocycles. The van der Waals surface area contributed by atoms with E-state index in [4.69, 9.17) is 14.0 Å². The van der Waals surface area contributed by atoms with Gasteiger partial charge in [0, 0.05) is 23.3 Å². The smallest absolute Gasteiger partial charge is 0.261 e. The van der Waals surface area contributed by atoms with Gasteiger partial charge in [-0.05, 0) is 19.1 Å². The van der Waals surface area contributed by atoms with Crippen molar-refractivity contribution in [2.45, 2.75) is 6.92 Å². The lowest BCUT2D eigenvalue weighted by atomic mass is 10.1. The summed E-state index contributed by atoms with van der Waals surface area (Å²) in [6, 6.07) is 21.3. The van der Waals surface area contributed by atoms with Crippen LogP contribution in [0.2, 0.25) is 0 Å². The molecule has 0 aliphatic carbocycles. The number of rotatable bonds is 7. The molecule has 1 aromatic heterocycles. The normalized spacial score (nSPS) is 10.4. The Kier molecular flexibility index (Phi) is 6.59. The standard InChI is InChI=1S/C26H23N3O5/c1-16-23(24(29-34-16)17-10-6-4-7-11-17)26(31)28-20-15-21(32-2)19(14-22(20)33-3)27-25(30)18-12-8-5-9-13-18/h4-15H,1-3H3,(H,27,30)(H,28,31). The number of methoxy groups -OCH3 is 2. The Balaban J connectivity index is 1.64. The Bertz CT molecular complexity index is 1320. The minimum Gasteiger partial charge on any atom is -0.494 e. The second-order valence-electron chi connectivity index (χ2n) is 7.36. The monoisotopic (exact) mass is 457 g/mol. The molecule has 8 heteroatoms. The lowest BCUT2D eigenvalue weighted by molar-refractivity contribution is 0.101. The van der Waals surface area contributed by atoms with Crippen LogP contribution in [0, 0.1) is 6.92 Å². The van der Waals surface area contributed by atoms with E-state index in [2.05, 4.69) is 15.8 Å². The van der Waals surface area contributed by atoms with Crippen LogP contribution in [0.4, 0.5) is 11.4 Å². The molecule has 0 aliphatic rings. The van der Waals surface area contributed by atoms with Gasteiger partial charge in [0.05, 0.1) is 25.6 Å². The Morgan fingerprint density at radius 2 is 1.32 bits per heavy atom. The summed E-state index contributed by atoms with van der Waals surface area (Å²) in [4.78, 5) is 25.8. The molecule has 0 aliphatic heterocycles. The summed E-state index contributed by atoms with van der Waals surface area (Å²) < 4.78 is 16.2. The number of nitrogens with one attached hydrogen (secondary N) is 2. The summed E-state index contributed by atoms with van der Waals surface area (Å²) in [5, 5.41) is 9.73. The number of hydrogen-bond donors (Lipinski definition) is 2. The van der Waals surface area contributed by atoms with Crippen molar-refractivity contribution < 1.29 is 23.6 Å². The van der Waals surface area contributed by atoms with Gasteiger partial charge in [0.1, 0.15) is 28.5 Å². The van der Waals surface area contributed by atoms with Gasteiger partial charge in [-0.1, -0.05) is 53.7 Å². The van der Waals surface area contributed by atoms with E-state index in [-0.39, 0.29) is 5.91 Å². The third-order valence-electron chi connectivity index (χ3n) is 5.19. The molecule has 0 bridgehead atoms. The molecule has 3 aromatic carbocycles. The van der Waals surface area contributed by atoms with Crippen molar-refractivity contribution in [1.29, 1.82) is 0 Å². The SMILES string of the molecule is COc1cc(NC(=O)c2c(-c3ccccc3)noc2C)c(OC)cc1NC(=O)c1ccccc1. The second kappa shape index (κ2) is 9.91. The summed E-state index contributed by atoms with van der Waals surface area (Å²) in [6.45, 7) is 1.67. The molecule has 8 nitrogen and oxygen atoms in total. The van der Waals surface area contributed by atoms with Crippen molar-refractivity contribution in [3.63, 3.8) is 0 Å².